The number of aliphatic hydroxyl groups is 1. The highest BCUT2D eigenvalue weighted by Crippen LogP contribution is 2.55. The summed E-state index contributed by atoms with van der Waals surface area (Å²) in [5, 5.41) is 29.2. The topological polar surface area (TPSA) is 151 Å². The first-order chi connectivity index (χ1) is 29.2. The van der Waals surface area contributed by atoms with Crippen LogP contribution < -0.4 is 14.8 Å². The summed E-state index contributed by atoms with van der Waals surface area (Å²) in [5.41, 5.74) is 4.30. The first-order valence-electron chi connectivity index (χ1n) is 20.3. The molecule has 10 rings (SSSR count). The molecule has 61 heavy (non-hydrogen) atoms. The fraction of sp³-hybridized carbons (Fsp3) is 0.400. The van der Waals surface area contributed by atoms with Gasteiger partial charge in [-0.2, -0.15) is 5.10 Å². The van der Waals surface area contributed by atoms with Crippen LogP contribution in [0.4, 0.5) is 20.3 Å². The number of fused-ring (bicyclic) bond motifs is 5. The highest BCUT2D eigenvalue weighted by atomic mass is 35.5. The number of nitrogens with zero attached hydrogens (tertiary/aromatic N) is 7. The van der Waals surface area contributed by atoms with E-state index in [9.17, 15) is 23.8 Å². The molecule has 0 atom stereocenters. The van der Waals surface area contributed by atoms with Crippen LogP contribution in [0.25, 0.3) is 38.8 Å². The second kappa shape index (κ2) is 15.5. The average Bonchev–Trinajstić information content (AvgIpc) is 3.69. The lowest BCUT2D eigenvalue weighted by Gasteiger charge is -2.55. The maximum Gasteiger partial charge on any atom is 0.309 e. The molecule has 1 aliphatic heterocycles. The lowest BCUT2D eigenvalue weighted by Crippen LogP contribution is -2.59. The molecule has 318 valence electrons. The predicted octanol–water partition coefficient (Wildman–Crippen LogP) is 8.56. The number of halogens is 3. The molecule has 6 aromatic rings. The second-order valence-corrected chi connectivity index (χ2v) is 17.5. The molecule has 0 unspecified atom stereocenters. The van der Waals surface area contributed by atoms with Crippen LogP contribution in [0, 0.1) is 5.41 Å². The zero-order valence-electron chi connectivity index (χ0n) is 34.4. The van der Waals surface area contributed by atoms with Crippen molar-refractivity contribution >= 4 is 51.0 Å². The van der Waals surface area contributed by atoms with E-state index in [0.29, 0.717) is 78.7 Å². The van der Waals surface area contributed by atoms with Crippen LogP contribution in [-0.2, 0) is 17.9 Å². The number of aromatic nitrogens is 5. The Morgan fingerprint density at radius 2 is 1.64 bits per heavy atom. The van der Waals surface area contributed by atoms with Gasteiger partial charge in [-0.3, -0.25) is 19.6 Å². The number of nitrogens with one attached hydrogen (secondary N) is 1. The maximum absolute atomic E-state index is 14.1. The van der Waals surface area contributed by atoms with Gasteiger partial charge in [-0.25, -0.2) is 23.4 Å². The Morgan fingerprint density at radius 3 is 2.28 bits per heavy atom. The predicted molar refractivity (Wildman–Crippen MR) is 228 cm³/mol. The molecular formula is C45H47ClF2N8O5. The van der Waals surface area contributed by atoms with Crippen LogP contribution >= 0.6 is 11.6 Å². The van der Waals surface area contributed by atoms with Crippen LogP contribution in [0.2, 0.25) is 5.02 Å². The van der Waals surface area contributed by atoms with Gasteiger partial charge in [-0.05, 0) is 81.8 Å². The molecule has 3 N–H and O–H groups in total. The Hall–Kier alpha value is -5.48. The molecule has 4 aliphatic rings. The Balaban J connectivity index is 1.01. The van der Waals surface area contributed by atoms with Crippen LogP contribution in [-0.4, -0.2) is 96.2 Å². The normalized spacial score (nSPS) is 21.0. The van der Waals surface area contributed by atoms with Gasteiger partial charge >= 0.3 is 5.97 Å². The smallest absolute Gasteiger partial charge is 0.309 e. The molecule has 3 aromatic carbocycles. The number of ether oxygens (including phenoxy) is 2. The number of β-amino-alcohol motifs (C(OH)–C–C–N with tert-alkyl or cyclic N) is 1. The Kier molecular flexibility index (Phi) is 10.4. The van der Waals surface area contributed by atoms with Crippen molar-refractivity contribution in [3.05, 3.63) is 89.0 Å². The average molecular weight is 853 g/mol. The molecule has 2 bridgehead atoms. The van der Waals surface area contributed by atoms with E-state index in [1.54, 1.807) is 45.7 Å². The first-order valence-corrected chi connectivity index (χ1v) is 20.7. The number of pyridine rings is 1. The number of aliphatic carboxylic acids is 1. The Morgan fingerprint density at radius 1 is 0.967 bits per heavy atom. The van der Waals surface area contributed by atoms with E-state index in [4.69, 9.17) is 26.2 Å². The quantitative estimate of drug-likeness (QED) is 0.102. The van der Waals surface area contributed by atoms with E-state index in [1.165, 1.54) is 0 Å². The maximum atomic E-state index is 14.1. The van der Waals surface area contributed by atoms with Crippen LogP contribution in [0.1, 0.15) is 68.8 Å². The van der Waals surface area contributed by atoms with Gasteiger partial charge in [0, 0.05) is 61.0 Å². The molecule has 16 heteroatoms. The first kappa shape index (κ1) is 40.9. The molecular weight excluding hydrogens is 806 g/mol. The van der Waals surface area contributed by atoms with Gasteiger partial charge in [0.1, 0.15) is 17.0 Å². The summed E-state index contributed by atoms with van der Waals surface area (Å²) in [6, 6.07) is 16.9. The van der Waals surface area contributed by atoms with Crippen LogP contribution in [0.5, 0.6) is 11.5 Å². The number of rotatable bonds is 13. The van der Waals surface area contributed by atoms with Gasteiger partial charge in [-0.1, -0.05) is 35.9 Å². The summed E-state index contributed by atoms with van der Waals surface area (Å²) < 4.78 is 42.0. The van der Waals surface area contributed by atoms with E-state index in [0.717, 1.165) is 52.5 Å². The number of alkyl halides is 2. The molecule has 0 spiro atoms. The van der Waals surface area contributed by atoms with Crippen LogP contribution in [0.15, 0.2) is 67.0 Å². The van der Waals surface area contributed by atoms with Crippen molar-refractivity contribution in [2.45, 2.75) is 76.1 Å². The molecule has 0 radical (unpaired) electrons. The van der Waals surface area contributed by atoms with E-state index < -0.39 is 29.2 Å². The molecule has 1 saturated heterocycles. The lowest BCUT2D eigenvalue weighted by molar-refractivity contribution is -0.160. The standard InChI is InChI=1S/C45H47ClF2N8O5/c1-43(59)24-55(25-43)22-26-17-33-38(49-20-26)40(53-41(52-33)39(47)48)51-32-9-5-8-29(37(32)46)28-7-6-10-34-30(28)21-50-56(34)27-18-35(60-3)31(36(19-27)61-4)23-54(2)45-14-11-44(12-15-45,13-16-45)42(57)58/h5-10,17-21,39,59H,11-16,22-25H2,1-4H3,(H,57,58)(H,51,52,53). The summed E-state index contributed by atoms with van der Waals surface area (Å²) >= 11 is 7.15. The molecule has 3 aliphatic carbocycles. The fourth-order valence-corrected chi connectivity index (χ4v) is 10.1. The summed E-state index contributed by atoms with van der Waals surface area (Å²) in [6.45, 7) is 3.84. The van der Waals surface area contributed by atoms with Crippen molar-refractivity contribution in [2.75, 3.05) is 39.7 Å². The lowest BCUT2D eigenvalue weighted by atomic mass is 9.57. The summed E-state index contributed by atoms with van der Waals surface area (Å²) in [5.74, 6) is 0.0873. The zero-order chi connectivity index (χ0) is 42.8. The zero-order valence-corrected chi connectivity index (χ0v) is 35.1. The van der Waals surface area contributed by atoms with Crippen molar-refractivity contribution in [2.24, 2.45) is 5.41 Å². The van der Waals surface area contributed by atoms with Crippen molar-refractivity contribution in [3.63, 3.8) is 0 Å². The van der Waals surface area contributed by atoms with Gasteiger partial charge in [0.2, 0.25) is 0 Å². The summed E-state index contributed by atoms with van der Waals surface area (Å²) in [4.78, 5) is 29.3. The van der Waals surface area contributed by atoms with Gasteiger partial charge in [0.05, 0.1) is 64.4 Å². The Bertz CT molecular complexity index is 2630. The minimum atomic E-state index is -2.92. The minimum absolute atomic E-state index is 0.0776. The van der Waals surface area contributed by atoms with Gasteiger partial charge in [-0.15, -0.1) is 0 Å². The van der Waals surface area contributed by atoms with E-state index in [1.807, 2.05) is 52.0 Å². The van der Waals surface area contributed by atoms with Crippen LogP contribution in [0.3, 0.4) is 0 Å². The van der Waals surface area contributed by atoms with Gasteiger partial charge < -0.3 is 25.0 Å². The largest absolute Gasteiger partial charge is 0.496 e. The monoisotopic (exact) mass is 852 g/mol. The van der Waals surface area contributed by atoms with Crippen molar-refractivity contribution in [1.29, 1.82) is 0 Å². The number of hydrogen-bond acceptors (Lipinski definition) is 11. The minimum Gasteiger partial charge on any atom is -0.496 e. The van der Waals surface area contributed by atoms with E-state index in [2.05, 4.69) is 32.2 Å². The highest BCUT2D eigenvalue weighted by molar-refractivity contribution is 6.36. The number of methoxy groups -OCH3 is 2. The molecule has 3 aromatic heterocycles. The summed E-state index contributed by atoms with van der Waals surface area (Å²) in [7, 11) is 5.38. The molecule has 4 heterocycles. The number of carbonyl (C=O) groups is 1. The van der Waals surface area contributed by atoms with Crippen molar-refractivity contribution < 1.29 is 33.3 Å². The fourth-order valence-electron chi connectivity index (χ4n) is 9.80. The van der Waals surface area contributed by atoms with Crippen molar-refractivity contribution in [3.8, 4) is 28.3 Å². The van der Waals surface area contributed by atoms with Crippen molar-refractivity contribution in [1.82, 2.24) is 34.5 Å². The number of likely N-dealkylation sites (tertiary alicyclic amines) is 1. The number of carboxylic acids is 1. The van der Waals surface area contributed by atoms with Gasteiger partial charge in [0.25, 0.3) is 6.43 Å². The molecule has 3 saturated carbocycles. The molecule has 13 nitrogen and oxygen atoms in total. The van der Waals surface area contributed by atoms with E-state index >= 15 is 0 Å². The number of anilines is 2. The molecule has 0 amide bonds. The highest BCUT2D eigenvalue weighted by Gasteiger charge is 2.54. The number of hydrogen-bond donors (Lipinski definition) is 3. The third-order valence-electron chi connectivity index (χ3n) is 13.2. The summed E-state index contributed by atoms with van der Waals surface area (Å²) in [6.07, 6.45) is 5.10. The van der Waals surface area contributed by atoms with E-state index in [-0.39, 0.29) is 16.9 Å². The SMILES string of the molecule is COc1cc(-n2ncc3c(-c4cccc(Nc5nc(C(F)F)nc6cc(CN7CC(C)(O)C7)cnc56)c4Cl)cccc32)cc(OC)c1CN(C)C12CCC(C(=O)O)(CC1)CC2. The number of benzene rings is 3. The number of carboxylic acid groups (broad SMARTS) is 1. The second-order valence-electron chi connectivity index (χ2n) is 17.2. The third kappa shape index (κ3) is 7.30. The molecule has 4 fully saturated rings. The van der Waals surface area contributed by atoms with Gasteiger partial charge in [0.15, 0.2) is 11.6 Å². The Labute approximate surface area is 356 Å². The third-order valence-corrected chi connectivity index (χ3v) is 13.6.